The number of fused-ring (bicyclic) bond motifs is 9. The molecule has 19 heavy (non-hydrogen) atoms. The average molecular weight is 260 g/mol. The molecule has 104 valence electrons. The summed E-state index contributed by atoms with van der Waals surface area (Å²) in [7, 11) is 0. The molecular weight excluding hydrogens is 236 g/mol. The molecule has 2 heteroatoms. The molecule has 0 aromatic carbocycles. The third-order valence-corrected chi connectivity index (χ3v) is 6.43. The second-order valence-corrected chi connectivity index (χ2v) is 7.20. The summed E-state index contributed by atoms with van der Waals surface area (Å²) in [6.45, 7) is 2.77. The fourth-order valence-electron chi connectivity index (χ4n) is 5.80. The average Bonchev–Trinajstić information content (AvgIpc) is 3.17. The Hall–Kier alpha value is -0.790. The lowest BCUT2D eigenvalue weighted by atomic mass is 9.66. The third kappa shape index (κ3) is 1.46. The van der Waals surface area contributed by atoms with E-state index in [1.54, 1.807) is 0 Å². The Morgan fingerprint density at radius 2 is 2.21 bits per heavy atom. The van der Waals surface area contributed by atoms with Gasteiger partial charge >= 0.3 is 5.97 Å². The smallest absolute Gasteiger partial charge is 0.312 e. The Kier molecular flexibility index (Phi) is 2.59. The number of esters is 1. The number of hydrogen-bond donors (Lipinski definition) is 0. The van der Waals surface area contributed by atoms with Gasteiger partial charge in [0.2, 0.25) is 0 Å². The van der Waals surface area contributed by atoms with E-state index in [4.69, 9.17) is 4.74 Å². The van der Waals surface area contributed by atoms with E-state index in [1.165, 1.54) is 12.8 Å². The molecule has 3 saturated carbocycles. The fraction of sp³-hybridized carbons (Fsp3) is 0.824. The molecule has 0 N–H and O–H groups in total. The molecule has 4 bridgehead atoms. The van der Waals surface area contributed by atoms with E-state index in [1.807, 2.05) is 0 Å². The van der Waals surface area contributed by atoms with Crippen molar-refractivity contribution in [2.75, 3.05) is 6.61 Å². The highest BCUT2D eigenvalue weighted by atomic mass is 16.5. The molecule has 0 aromatic heterocycles. The molecule has 0 amide bonds. The summed E-state index contributed by atoms with van der Waals surface area (Å²) < 4.78 is 5.64. The summed E-state index contributed by atoms with van der Waals surface area (Å²) in [4.78, 5) is 12.7. The van der Waals surface area contributed by atoms with Crippen molar-refractivity contribution in [1.29, 1.82) is 0 Å². The van der Waals surface area contributed by atoms with Gasteiger partial charge in [-0.1, -0.05) is 25.5 Å². The van der Waals surface area contributed by atoms with E-state index in [2.05, 4.69) is 19.1 Å². The second-order valence-electron chi connectivity index (χ2n) is 7.20. The first-order valence-corrected chi connectivity index (χ1v) is 8.12. The molecule has 2 nitrogen and oxygen atoms in total. The van der Waals surface area contributed by atoms with Crippen molar-refractivity contribution in [3.63, 3.8) is 0 Å². The van der Waals surface area contributed by atoms with Crippen LogP contribution in [0.3, 0.4) is 0 Å². The molecule has 0 spiro atoms. The van der Waals surface area contributed by atoms with E-state index in [0.717, 1.165) is 43.4 Å². The van der Waals surface area contributed by atoms with Crippen LogP contribution in [-0.2, 0) is 9.53 Å². The molecule has 0 aromatic rings. The van der Waals surface area contributed by atoms with Crippen molar-refractivity contribution >= 4 is 5.97 Å². The maximum absolute atomic E-state index is 12.7. The topological polar surface area (TPSA) is 26.3 Å². The van der Waals surface area contributed by atoms with Crippen molar-refractivity contribution in [2.45, 2.75) is 45.4 Å². The molecular formula is C17H24O2. The zero-order chi connectivity index (χ0) is 13.0. The number of ether oxygens (including phenoxy) is 1. The second kappa shape index (κ2) is 4.10. The van der Waals surface area contributed by atoms with E-state index in [-0.39, 0.29) is 11.4 Å². The minimum Gasteiger partial charge on any atom is -0.465 e. The number of unbranched alkanes of at least 4 members (excludes halogenated alkanes) is 1. The van der Waals surface area contributed by atoms with Crippen molar-refractivity contribution in [3.05, 3.63) is 12.2 Å². The summed E-state index contributed by atoms with van der Waals surface area (Å²) in [5.41, 5.74) is -0.0900. The first-order chi connectivity index (χ1) is 9.26. The lowest BCUT2D eigenvalue weighted by Gasteiger charge is -2.38. The van der Waals surface area contributed by atoms with Crippen molar-refractivity contribution < 1.29 is 9.53 Å². The summed E-state index contributed by atoms with van der Waals surface area (Å²) in [5.74, 6) is 3.85. The van der Waals surface area contributed by atoms with E-state index >= 15 is 0 Å². The fourth-order valence-corrected chi connectivity index (χ4v) is 5.80. The van der Waals surface area contributed by atoms with Crippen LogP contribution < -0.4 is 0 Å². The van der Waals surface area contributed by atoms with Gasteiger partial charge in [0.15, 0.2) is 0 Å². The highest BCUT2D eigenvalue weighted by Crippen LogP contribution is 2.71. The Bertz CT molecular complexity index is 427. The number of allylic oxidation sites excluding steroid dienone is 2. The van der Waals surface area contributed by atoms with Gasteiger partial charge in [0.1, 0.15) is 0 Å². The Balaban J connectivity index is 1.57. The quantitative estimate of drug-likeness (QED) is 0.334. The van der Waals surface area contributed by atoms with Crippen LogP contribution in [0.2, 0.25) is 0 Å². The van der Waals surface area contributed by atoms with Gasteiger partial charge in [-0.25, -0.2) is 0 Å². The van der Waals surface area contributed by atoms with Crippen LogP contribution in [0.1, 0.15) is 45.4 Å². The van der Waals surface area contributed by atoms with E-state index in [0.29, 0.717) is 18.4 Å². The first-order valence-electron chi connectivity index (χ1n) is 8.12. The van der Waals surface area contributed by atoms with Crippen LogP contribution in [0, 0.1) is 35.0 Å². The lowest BCUT2D eigenvalue weighted by Crippen LogP contribution is -2.40. The molecule has 6 atom stereocenters. The van der Waals surface area contributed by atoms with Crippen LogP contribution >= 0.6 is 0 Å². The number of carbonyl (C=O) groups is 1. The van der Waals surface area contributed by atoms with Crippen LogP contribution in [-0.4, -0.2) is 12.6 Å². The summed E-state index contributed by atoms with van der Waals surface area (Å²) in [6.07, 6.45) is 11.7. The summed E-state index contributed by atoms with van der Waals surface area (Å²) >= 11 is 0. The van der Waals surface area contributed by atoms with Gasteiger partial charge in [-0.2, -0.15) is 0 Å². The summed E-state index contributed by atoms with van der Waals surface area (Å²) in [5, 5.41) is 0. The molecule has 0 saturated heterocycles. The van der Waals surface area contributed by atoms with E-state index in [9.17, 15) is 4.79 Å². The Morgan fingerprint density at radius 3 is 3.05 bits per heavy atom. The molecule has 4 rings (SSSR count). The third-order valence-electron chi connectivity index (χ3n) is 6.43. The van der Waals surface area contributed by atoms with Crippen LogP contribution in [0.25, 0.3) is 0 Å². The van der Waals surface area contributed by atoms with Crippen LogP contribution in [0.5, 0.6) is 0 Å². The molecule has 4 aliphatic rings. The van der Waals surface area contributed by atoms with Gasteiger partial charge in [-0.05, 0) is 61.7 Å². The van der Waals surface area contributed by atoms with Crippen LogP contribution in [0.15, 0.2) is 12.2 Å². The molecule has 0 heterocycles. The molecule has 0 aliphatic heterocycles. The number of hydrogen-bond acceptors (Lipinski definition) is 2. The largest absolute Gasteiger partial charge is 0.465 e. The highest BCUT2D eigenvalue weighted by Gasteiger charge is 2.68. The minimum atomic E-state index is -0.0900. The zero-order valence-electron chi connectivity index (χ0n) is 11.8. The number of carbonyl (C=O) groups excluding carboxylic acids is 1. The molecule has 0 radical (unpaired) electrons. The van der Waals surface area contributed by atoms with Crippen molar-refractivity contribution in [1.82, 2.24) is 0 Å². The maximum Gasteiger partial charge on any atom is 0.312 e. The van der Waals surface area contributed by atoms with Gasteiger partial charge < -0.3 is 4.74 Å². The maximum atomic E-state index is 12.7. The normalized spacial score (nSPS) is 48.8. The number of rotatable bonds is 4. The Morgan fingerprint density at radius 1 is 1.37 bits per heavy atom. The molecule has 4 aliphatic carbocycles. The van der Waals surface area contributed by atoms with Gasteiger partial charge in [0, 0.05) is 0 Å². The predicted molar refractivity (Wildman–Crippen MR) is 73.4 cm³/mol. The molecule has 3 fully saturated rings. The Labute approximate surface area is 115 Å². The predicted octanol–water partition coefficient (Wildman–Crippen LogP) is 3.57. The van der Waals surface area contributed by atoms with Crippen LogP contribution in [0.4, 0.5) is 0 Å². The first kappa shape index (κ1) is 12.0. The van der Waals surface area contributed by atoms with Crippen molar-refractivity contribution in [2.24, 2.45) is 35.0 Å². The van der Waals surface area contributed by atoms with Gasteiger partial charge in [0.25, 0.3) is 0 Å². The van der Waals surface area contributed by atoms with Gasteiger partial charge in [-0.15, -0.1) is 0 Å². The monoisotopic (exact) mass is 260 g/mol. The van der Waals surface area contributed by atoms with Gasteiger partial charge in [0.05, 0.1) is 12.0 Å². The molecule has 6 unspecified atom stereocenters. The van der Waals surface area contributed by atoms with E-state index < -0.39 is 0 Å². The van der Waals surface area contributed by atoms with Crippen molar-refractivity contribution in [3.8, 4) is 0 Å². The minimum absolute atomic E-state index is 0.0900. The SMILES string of the molecule is CCCCOC(=O)C12CCC(C1)C1C3C=CC(C3)C12. The summed E-state index contributed by atoms with van der Waals surface area (Å²) in [6, 6.07) is 0. The zero-order valence-corrected chi connectivity index (χ0v) is 11.8. The lowest BCUT2D eigenvalue weighted by molar-refractivity contribution is -0.160. The van der Waals surface area contributed by atoms with Gasteiger partial charge in [-0.3, -0.25) is 4.79 Å². The standard InChI is InChI=1S/C17H24O2/c1-2-3-8-19-16(18)17-7-6-13(10-17)14-11-4-5-12(9-11)15(14)17/h4-5,11-15H,2-3,6-10H2,1H3. The highest BCUT2D eigenvalue weighted by molar-refractivity contribution is 5.79.